The Balaban J connectivity index is 1.70. The highest BCUT2D eigenvalue weighted by Gasteiger charge is 2.30. The molecule has 1 N–H and O–H groups in total. The molecule has 5 nitrogen and oxygen atoms in total. The quantitative estimate of drug-likeness (QED) is 0.822. The Morgan fingerprint density at radius 3 is 2.64 bits per heavy atom. The molecule has 25 heavy (non-hydrogen) atoms. The van der Waals surface area contributed by atoms with Crippen LogP contribution in [0.25, 0.3) is 10.2 Å². The van der Waals surface area contributed by atoms with Crippen LogP contribution in [0.1, 0.15) is 56.4 Å². The van der Waals surface area contributed by atoms with E-state index in [2.05, 4.69) is 5.32 Å². The van der Waals surface area contributed by atoms with Crippen molar-refractivity contribution < 1.29 is 14.3 Å². The molecule has 6 heteroatoms. The maximum atomic E-state index is 12.6. The SMILES string of the molecule is CC(C)[C@@H](OC(=O)c1cc2sccc2n1C)C(=O)NC1CCCCC1. The van der Waals surface area contributed by atoms with Crippen molar-refractivity contribution in [2.24, 2.45) is 13.0 Å². The molecule has 2 aromatic rings. The zero-order valence-corrected chi connectivity index (χ0v) is 15.9. The van der Waals surface area contributed by atoms with Crippen molar-refractivity contribution in [3.05, 3.63) is 23.2 Å². The van der Waals surface area contributed by atoms with E-state index in [4.69, 9.17) is 4.74 Å². The average Bonchev–Trinajstić information content (AvgIpc) is 3.16. The van der Waals surface area contributed by atoms with Crippen molar-refractivity contribution >= 4 is 33.4 Å². The van der Waals surface area contributed by atoms with Gasteiger partial charge in [0.2, 0.25) is 0 Å². The summed E-state index contributed by atoms with van der Waals surface area (Å²) in [5, 5.41) is 5.07. The van der Waals surface area contributed by atoms with Gasteiger partial charge in [-0.25, -0.2) is 4.79 Å². The highest BCUT2D eigenvalue weighted by molar-refractivity contribution is 7.17. The first kappa shape index (κ1) is 18.0. The predicted molar refractivity (Wildman–Crippen MR) is 99.9 cm³/mol. The van der Waals surface area contributed by atoms with Crippen molar-refractivity contribution in [3.8, 4) is 0 Å². The summed E-state index contributed by atoms with van der Waals surface area (Å²) in [6.45, 7) is 3.81. The van der Waals surface area contributed by atoms with Gasteiger partial charge in [0.05, 0.1) is 10.2 Å². The van der Waals surface area contributed by atoms with Crippen LogP contribution in [-0.4, -0.2) is 28.6 Å². The van der Waals surface area contributed by atoms with Gasteiger partial charge in [-0.05, 0) is 36.3 Å². The number of fused-ring (bicyclic) bond motifs is 1. The van der Waals surface area contributed by atoms with Crippen molar-refractivity contribution in [1.29, 1.82) is 0 Å². The van der Waals surface area contributed by atoms with E-state index in [9.17, 15) is 9.59 Å². The number of hydrogen-bond donors (Lipinski definition) is 1. The maximum Gasteiger partial charge on any atom is 0.355 e. The molecule has 0 aliphatic heterocycles. The van der Waals surface area contributed by atoms with Crippen LogP contribution < -0.4 is 5.32 Å². The third-order valence-electron chi connectivity index (χ3n) is 4.92. The van der Waals surface area contributed by atoms with Gasteiger partial charge in [-0.15, -0.1) is 11.3 Å². The number of rotatable bonds is 5. The summed E-state index contributed by atoms with van der Waals surface area (Å²) in [7, 11) is 1.85. The zero-order valence-electron chi connectivity index (χ0n) is 15.1. The van der Waals surface area contributed by atoms with Gasteiger partial charge in [-0.3, -0.25) is 4.79 Å². The summed E-state index contributed by atoms with van der Waals surface area (Å²) >= 11 is 1.59. The molecule has 1 atom stereocenters. The van der Waals surface area contributed by atoms with Gasteiger partial charge in [0, 0.05) is 13.1 Å². The Bertz CT molecular complexity index is 756. The third kappa shape index (κ3) is 3.89. The fourth-order valence-electron chi connectivity index (χ4n) is 3.44. The molecule has 0 spiro atoms. The van der Waals surface area contributed by atoms with Crippen LogP contribution in [0, 0.1) is 5.92 Å². The van der Waals surface area contributed by atoms with Gasteiger partial charge in [-0.2, -0.15) is 0 Å². The lowest BCUT2D eigenvalue weighted by atomic mass is 9.95. The summed E-state index contributed by atoms with van der Waals surface area (Å²) in [5.41, 5.74) is 1.49. The van der Waals surface area contributed by atoms with E-state index in [1.54, 1.807) is 11.3 Å². The molecule has 0 aromatic carbocycles. The molecule has 2 aromatic heterocycles. The fraction of sp³-hybridized carbons (Fsp3) is 0.579. The van der Waals surface area contributed by atoms with Crippen LogP contribution in [0.5, 0.6) is 0 Å². The van der Waals surface area contributed by atoms with Gasteiger partial charge in [0.15, 0.2) is 6.10 Å². The lowest BCUT2D eigenvalue weighted by Gasteiger charge is -2.27. The molecule has 1 amide bonds. The Hall–Kier alpha value is -1.82. The molecule has 1 aliphatic carbocycles. The number of amides is 1. The highest BCUT2D eigenvalue weighted by atomic mass is 32.1. The number of hydrogen-bond acceptors (Lipinski definition) is 4. The minimum atomic E-state index is -0.762. The van der Waals surface area contributed by atoms with Gasteiger partial charge >= 0.3 is 5.97 Å². The number of nitrogens with one attached hydrogen (secondary N) is 1. The number of thiophene rings is 1. The Kier molecular flexibility index (Phi) is 5.47. The maximum absolute atomic E-state index is 12.6. The lowest BCUT2D eigenvalue weighted by Crippen LogP contribution is -2.46. The smallest absolute Gasteiger partial charge is 0.355 e. The third-order valence-corrected chi connectivity index (χ3v) is 5.78. The van der Waals surface area contributed by atoms with E-state index in [1.807, 2.05) is 43.0 Å². The van der Waals surface area contributed by atoms with E-state index in [1.165, 1.54) is 6.42 Å². The van der Waals surface area contributed by atoms with E-state index in [0.717, 1.165) is 35.9 Å². The molecule has 1 aliphatic rings. The second-order valence-electron chi connectivity index (χ2n) is 7.17. The standard InChI is InChI=1S/C19H26N2O3S/c1-12(2)17(18(22)20-13-7-5-4-6-8-13)24-19(23)15-11-16-14(21(15)3)9-10-25-16/h9-13,17H,4-8H2,1-3H3,(H,20,22)/t17-/m1/s1. The highest BCUT2D eigenvalue weighted by Crippen LogP contribution is 2.25. The summed E-state index contributed by atoms with van der Waals surface area (Å²) in [6.07, 6.45) is 4.80. The number of aromatic nitrogens is 1. The molecule has 3 rings (SSSR count). The molecule has 2 heterocycles. The zero-order chi connectivity index (χ0) is 18.0. The van der Waals surface area contributed by atoms with Gasteiger partial charge in [0.1, 0.15) is 5.69 Å². The Morgan fingerprint density at radius 2 is 2.00 bits per heavy atom. The van der Waals surface area contributed by atoms with E-state index >= 15 is 0 Å². The summed E-state index contributed by atoms with van der Waals surface area (Å²) in [5.74, 6) is -0.691. The van der Waals surface area contributed by atoms with E-state index in [-0.39, 0.29) is 17.9 Å². The molecule has 1 fully saturated rings. The topological polar surface area (TPSA) is 60.3 Å². The normalized spacial score (nSPS) is 17.0. The van der Waals surface area contributed by atoms with Crippen LogP contribution in [-0.2, 0) is 16.6 Å². The molecule has 0 saturated heterocycles. The second-order valence-corrected chi connectivity index (χ2v) is 8.12. The van der Waals surface area contributed by atoms with Crippen LogP contribution in [0.2, 0.25) is 0 Å². The van der Waals surface area contributed by atoms with Crippen molar-refractivity contribution in [2.75, 3.05) is 0 Å². The molecule has 0 unspecified atom stereocenters. The van der Waals surface area contributed by atoms with Gasteiger partial charge in [-0.1, -0.05) is 33.1 Å². The fourth-order valence-corrected chi connectivity index (χ4v) is 4.29. The number of aryl methyl sites for hydroxylation is 1. The molecular weight excluding hydrogens is 336 g/mol. The lowest BCUT2D eigenvalue weighted by molar-refractivity contribution is -0.133. The number of carbonyl (C=O) groups is 2. The molecule has 1 saturated carbocycles. The largest absolute Gasteiger partial charge is 0.447 e. The Morgan fingerprint density at radius 1 is 1.28 bits per heavy atom. The monoisotopic (exact) mass is 362 g/mol. The van der Waals surface area contributed by atoms with Crippen molar-refractivity contribution in [1.82, 2.24) is 9.88 Å². The van der Waals surface area contributed by atoms with E-state index in [0.29, 0.717) is 5.69 Å². The molecule has 0 radical (unpaired) electrons. The van der Waals surface area contributed by atoms with Crippen LogP contribution in [0.4, 0.5) is 0 Å². The number of nitrogens with zero attached hydrogens (tertiary/aromatic N) is 1. The van der Waals surface area contributed by atoms with Crippen LogP contribution in [0.3, 0.4) is 0 Å². The second kappa shape index (κ2) is 7.60. The summed E-state index contributed by atoms with van der Waals surface area (Å²) in [4.78, 5) is 25.3. The first-order chi connectivity index (χ1) is 12.0. The van der Waals surface area contributed by atoms with Crippen molar-refractivity contribution in [3.63, 3.8) is 0 Å². The van der Waals surface area contributed by atoms with Gasteiger partial charge in [0.25, 0.3) is 5.91 Å². The molecule has 0 bridgehead atoms. The molecular formula is C19H26N2O3S. The Labute approximate surface area is 152 Å². The van der Waals surface area contributed by atoms with E-state index < -0.39 is 12.1 Å². The van der Waals surface area contributed by atoms with Gasteiger partial charge < -0.3 is 14.6 Å². The molecule has 136 valence electrons. The first-order valence-corrected chi connectivity index (χ1v) is 9.89. The predicted octanol–water partition coefficient (Wildman–Crippen LogP) is 3.87. The summed E-state index contributed by atoms with van der Waals surface area (Å²) < 4.78 is 8.48. The summed E-state index contributed by atoms with van der Waals surface area (Å²) in [6, 6.07) is 4.02. The van der Waals surface area contributed by atoms with Crippen LogP contribution in [0.15, 0.2) is 17.5 Å². The average molecular weight is 362 g/mol. The minimum Gasteiger partial charge on any atom is -0.447 e. The minimum absolute atomic E-state index is 0.0751. The first-order valence-electron chi connectivity index (χ1n) is 9.01. The number of ether oxygens (including phenoxy) is 1. The number of carbonyl (C=O) groups excluding carboxylic acids is 2. The number of esters is 1. The van der Waals surface area contributed by atoms with Crippen LogP contribution >= 0.6 is 11.3 Å². The van der Waals surface area contributed by atoms with Crippen molar-refractivity contribution in [2.45, 2.75) is 58.1 Å².